The Hall–Kier alpha value is 0.960. The Morgan fingerprint density at radius 3 is 2.14 bits per heavy atom. The zero-order valence-corrected chi connectivity index (χ0v) is 7.33. The van der Waals surface area contributed by atoms with E-state index in [2.05, 4.69) is 38.8 Å². The fraction of sp³-hybridized carbons (Fsp3) is 0.800. The Morgan fingerprint density at radius 2 is 2.00 bits per heavy atom. The van der Waals surface area contributed by atoms with E-state index in [1.54, 1.807) is 0 Å². The van der Waals surface area contributed by atoms with E-state index in [9.17, 15) is 0 Å². The second-order valence-corrected chi connectivity index (χ2v) is 4.83. The summed E-state index contributed by atoms with van der Waals surface area (Å²) in [6, 6.07) is 0. The molecule has 0 aliphatic rings. The van der Waals surface area contributed by atoms with Crippen LogP contribution in [0.1, 0.15) is 19.3 Å². The average Bonchev–Trinajstić information content (AvgIpc) is 1.61. The van der Waals surface area contributed by atoms with Crippen LogP contribution in [-0.4, -0.2) is 3.74 Å². The molecule has 0 bridgehead atoms. The maximum atomic E-state index is 3.72. The standard InChI is InChI=1S/C5H9Br2/c1-2-3-4-5(6)7/h5H,1-4H2. The van der Waals surface area contributed by atoms with Gasteiger partial charge in [-0.1, -0.05) is 51.6 Å². The van der Waals surface area contributed by atoms with Crippen molar-refractivity contribution in [2.24, 2.45) is 0 Å². The quantitative estimate of drug-likeness (QED) is 0.652. The molecule has 0 fully saturated rings. The summed E-state index contributed by atoms with van der Waals surface area (Å²) in [5, 5.41) is 0. The molecule has 7 heavy (non-hydrogen) atoms. The maximum Gasteiger partial charge on any atom is 0.0697 e. The highest BCUT2D eigenvalue weighted by Crippen LogP contribution is 2.14. The van der Waals surface area contributed by atoms with Gasteiger partial charge in [-0.3, -0.25) is 0 Å². The van der Waals surface area contributed by atoms with Crippen LogP contribution in [0.15, 0.2) is 0 Å². The molecule has 0 saturated carbocycles. The summed E-state index contributed by atoms with van der Waals surface area (Å²) in [6.45, 7) is 3.72. The van der Waals surface area contributed by atoms with Crippen LogP contribution in [0.4, 0.5) is 0 Å². The van der Waals surface area contributed by atoms with Crippen LogP contribution < -0.4 is 0 Å². The summed E-state index contributed by atoms with van der Waals surface area (Å²) >= 11 is 6.73. The molecular formula is C5H9Br2. The first-order valence-electron chi connectivity index (χ1n) is 2.34. The molecule has 0 unspecified atom stereocenters. The van der Waals surface area contributed by atoms with Crippen molar-refractivity contribution < 1.29 is 0 Å². The fourth-order valence-electron chi connectivity index (χ4n) is 0.299. The SMILES string of the molecule is [CH2]CCCC(Br)Br. The Bertz CT molecular complexity index is 35.1. The summed E-state index contributed by atoms with van der Waals surface area (Å²) in [5.74, 6) is 0. The van der Waals surface area contributed by atoms with Crippen LogP contribution in [0.2, 0.25) is 0 Å². The van der Waals surface area contributed by atoms with Gasteiger partial charge in [0.15, 0.2) is 0 Å². The van der Waals surface area contributed by atoms with E-state index >= 15 is 0 Å². The van der Waals surface area contributed by atoms with Crippen LogP contribution >= 0.6 is 31.9 Å². The lowest BCUT2D eigenvalue weighted by Crippen LogP contribution is -1.81. The Morgan fingerprint density at radius 1 is 1.43 bits per heavy atom. The lowest BCUT2D eigenvalue weighted by atomic mass is 10.3. The van der Waals surface area contributed by atoms with Crippen LogP contribution in [0.25, 0.3) is 0 Å². The van der Waals surface area contributed by atoms with E-state index in [-0.39, 0.29) is 0 Å². The van der Waals surface area contributed by atoms with E-state index in [4.69, 9.17) is 0 Å². The van der Waals surface area contributed by atoms with Crippen LogP contribution in [0.5, 0.6) is 0 Å². The van der Waals surface area contributed by atoms with E-state index in [0.717, 1.165) is 6.42 Å². The van der Waals surface area contributed by atoms with E-state index in [1.807, 2.05) is 0 Å². The van der Waals surface area contributed by atoms with Crippen molar-refractivity contribution in [1.29, 1.82) is 0 Å². The van der Waals surface area contributed by atoms with Crippen LogP contribution in [0.3, 0.4) is 0 Å². The second kappa shape index (κ2) is 5.10. The Kier molecular flexibility index (Phi) is 5.80. The summed E-state index contributed by atoms with van der Waals surface area (Å²) in [5.41, 5.74) is 0. The van der Waals surface area contributed by atoms with Gasteiger partial charge in [0, 0.05) is 0 Å². The van der Waals surface area contributed by atoms with Crippen molar-refractivity contribution in [2.75, 3.05) is 0 Å². The number of hydrogen-bond donors (Lipinski definition) is 0. The molecule has 0 N–H and O–H groups in total. The minimum atomic E-state index is 0.488. The van der Waals surface area contributed by atoms with Crippen molar-refractivity contribution in [2.45, 2.75) is 23.0 Å². The molecule has 0 aromatic rings. The monoisotopic (exact) mass is 227 g/mol. The van der Waals surface area contributed by atoms with Crippen molar-refractivity contribution in [3.8, 4) is 0 Å². The third kappa shape index (κ3) is 6.96. The molecule has 0 nitrogen and oxygen atoms in total. The number of hydrogen-bond acceptors (Lipinski definition) is 0. The zero-order chi connectivity index (χ0) is 5.70. The van der Waals surface area contributed by atoms with Gasteiger partial charge in [0.05, 0.1) is 3.74 Å². The minimum Gasteiger partial charge on any atom is -0.0765 e. The van der Waals surface area contributed by atoms with Crippen molar-refractivity contribution in [3.63, 3.8) is 0 Å². The van der Waals surface area contributed by atoms with Gasteiger partial charge in [0.25, 0.3) is 0 Å². The van der Waals surface area contributed by atoms with Crippen molar-refractivity contribution in [1.82, 2.24) is 0 Å². The molecule has 1 radical (unpaired) electrons. The molecule has 0 aliphatic carbocycles. The largest absolute Gasteiger partial charge is 0.0765 e. The van der Waals surface area contributed by atoms with E-state index in [1.165, 1.54) is 12.8 Å². The predicted octanol–water partition coefficient (Wildman–Crippen LogP) is 3.11. The number of alkyl halides is 2. The highest BCUT2D eigenvalue weighted by atomic mass is 79.9. The Labute approximate surface area is 61.9 Å². The summed E-state index contributed by atoms with van der Waals surface area (Å²) in [6.07, 6.45) is 3.40. The smallest absolute Gasteiger partial charge is 0.0697 e. The molecule has 0 atom stereocenters. The molecule has 0 saturated heterocycles. The van der Waals surface area contributed by atoms with Crippen molar-refractivity contribution in [3.05, 3.63) is 6.92 Å². The summed E-state index contributed by atoms with van der Waals surface area (Å²) < 4.78 is 0.488. The lowest BCUT2D eigenvalue weighted by Gasteiger charge is -1.95. The summed E-state index contributed by atoms with van der Waals surface area (Å²) in [7, 11) is 0. The van der Waals surface area contributed by atoms with E-state index in [0.29, 0.717) is 3.74 Å². The van der Waals surface area contributed by atoms with Gasteiger partial charge < -0.3 is 0 Å². The van der Waals surface area contributed by atoms with Gasteiger partial charge in [-0.05, 0) is 6.42 Å². The highest BCUT2D eigenvalue weighted by molar-refractivity contribution is 9.24. The third-order valence-electron chi connectivity index (χ3n) is 0.672. The number of halogens is 2. The number of rotatable bonds is 3. The van der Waals surface area contributed by atoms with Crippen LogP contribution in [0, 0.1) is 6.92 Å². The molecule has 0 aromatic heterocycles. The molecule has 0 spiro atoms. The maximum absolute atomic E-state index is 3.72. The molecule has 0 aliphatic heterocycles. The van der Waals surface area contributed by atoms with Gasteiger partial charge in [-0.15, -0.1) is 0 Å². The Balaban J connectivity index is 2.68. The molecule has 2 heteroatoms. The van der Waals surface area contributed by atoms with Gasteiger partial charge in [-0.25, -0.2) is 0 Å². The van der Waals surface area contributed by atoms with Gasteiger partial charge in [0.2, 0.25) is 0 Å². The van der Waals surface area contributed by atoms with E-state index < -0.39 is 0 Å². The topological polar surface area (TPSA) is 0 Å². The second-order valence-electron chi connectivity index (χ2n) is 1.39. The molecule has 43 valence electrons. The fourth-order valence-corrected chi connectivity index (χ4v) is 0.946. The molecule has 0 rings (SSSR count). The molecule has 0 heterocycles. The average molecular weight is 229 g/mol. The van der Waals surface area contributed by atoms with Gasteiger partial charge in [-0.2, -0.15) is 0 Å². The zero-order valence-electron chi connectivity index (χ0n) is 4.16. The third-order valence-corrected chi connectivity index (χ3v) is 1.59. The van der Waals surface area contributed by atoms with Gasteiger partial charge in [0.1, 0.15) is 0 Å². The predicted molar refractivity (Wildman–Crippen MR) is 40.9 cm³/mol. The minimum absolute atomic E-state index is 0.488. The van der Waals surface area contributed by atoms with Gasteiger partial charge >= 0.3 is 0 Å². The lowest BCUT2D eigenvalue weighted by molar-refractivity contribution is 0.811. The highest BCUT2D eigenvalue weighted by Gasteiger charge is 1.92. The van der Waals surface area contributed by atoms with Crippen molar-refractivity contribution >= 4 is 31.9 Å². The molecule has 0 amide bonds. The first-order chi connectivity index (χ1) is 3.27. The molecular weight excluding hydrogens is 220 g/mol. The number of unbranched alkanes of at least 4 members (excludes halogenated alkanes) is 1. The molecule has 0 aromatic carbocycles. The van der Waals surface area contributed by atoms with Crippen LogP contribution in [-0.2, 0) is 0 Å². The normalized spacial score (nSPS) is 10.3. The first-order valence-corrected chi connectivity index (χ1v) is 4.18. The summed E-state index contributed by atoms with van der Waals surface area (Å²) in [4.78, 5) is 0. The first kappa shape index (κ1) is 7.96.